The first-order chi connectivity index (χ1) is 28.2. The minimum absolute atomic E-state index is 0.0323. The molecule has 3 aromatic rings. The molecule has 1 spiro atoms. The van der Waals surface area contributed by atoms with Crippen LogP contribution in [0.1, 0.15) is 98.4 Å². The molecule has 0 radical (unpaired) electrons. The molecule has 2 saturated heterocycles. The molecule has 2 N–H and O–H groups in total. The number of amides is 1. The van der Waals surface area contributed by atoms with Gasteiger partial charge >= 0.3 is 12.1 Å². The average Bonchev–Trinajstić information content (AvgIpc) is 3.65. The van der Waals surface area contributed by atoms with Gasteiger partial charge in [-0.25, -0.2) is 24.7 Å². The summed E-state index contributed by atoms with van der Waals surface area (Å²) in [5.74, 6) is -1.08. The quantitative estimate of drug-likeness (QED) is 0.194. The van der Waals surface area contributed by atoms with Gasteiger partial charge in [0.1, 0.15) is 17.4 Å². The van der Waals surface area contributed by atoms with E-state index in [0.717, 1.165) is 37.9 Å². The highest BCUT2D eigenvalue weighted by Gasteiger charge is 2.57. The fourth-order valence-corrected chi connectivity index (χ4v) is 10.5. The van der Waals surface area contributed by atoms with E-state index in [2.05, 4.69) is 32.1 Å². The van der Waals surface area contributed by atoms with Gasteiger partial charge in [-0.2, -0.15) is 13.2 Å². The Morgan fingerprint density at radius 2 is 1.78 bits per heavy atom. The molecule has 8 rings (SSSR count). The average molecular weight is 821 g/mol. The van der Waals surface area contributed by atoms with Crippen LogP contribution >= 0.6 is 0 Å². The summed E-state index contributed by atoms with van der Waals surface area (Å²) in [7, 11) is 3.84. The van der Waals surface area contributed by atoms with Crippen LogP contribution in [-0.2, 0) is 27.5 Å². The molecule has 3 aliphatic heterocycles. The molecule has 5 heterocycles. The number of hydrogen-bond donors (Lipinski definition) is 2. The Bertz CT molecular complexity index is 2010. The van der Waals surface area contributed by atoms with E-state index in [1.165, 1.54) is 0 Å². The predicted octanol–water partition coefficient (Wildman–Crippen LogP) is 6.43. The highest BCUT2D eigenvalue weighted by atomic mass is 19.4. The van der Waals surface area contributed by atoms with Crippen LogP contribution in [0.25, 0.3) is 0 Å². The van der Waals surface area contributed by atoms with Crippen molar-refractivity contribution in [3.8, 4) is 5.75 Å². The SMILES string of the molecule is CC1CC2CC(C1)C(NC(=O)c1c(CCCCN(C)C)nc(N3CC4(CCOCC4)c4cc(OC5CCN(c6ncccn6)CC5)ccc43)nc1C(F)(F)F)(C(=O)O)C2. The number of hydrogen-bond acceptors (Lipinski definition) is 11. The van der Waals surface area contributed by atoms with Crippen LogP contribution in [-0.4, -0.2) is 107 Å². The molecule has 16 heteroatoms. The number of carbonyl (C=O) groups is 2. The maximum Gasteiger partial charge on any atom is 0.434 e. The third-order valence-electron chi connectivity index (χ3n) is 13.4. The summed E-state index contributed by atoms with van der Waals surface area (Å²) in [5, 5.41) is 13.3. The number of nitrogens with zero attached hydrogens (tertiary/aromatic N) is 7. The molecular weight excluding hydrogens is 766 g/mol. The number of fused-ring (bicyclic) bond motifs is 4. The molecule has 2 aliphatic carbocycles. The van der Waals surface area contributed by atoms with Crippen molar-refractivity contribution < 1.29 is 37.3 Å². The number of nitrogens with one attached hydrogen (secondary N) is 1. The predicted molar refractivity (Wildman–Crippen MR) is 214 cm³/mol. The lowest BCUT2D eigenvalue weighted by Crippen LogP contribution is -2.57. The molecule has 5 aliphatic rings. The maximum absolute atomic E-state index is 15.4. The van der Waals surface area contributed by atoms with Gasteiger partial charge < -0.3 is 34.6 Å². The Morgan fingerprint density at radius 3 is 2.47 bits per heavy atom. The number of halogens is 3. The summed E-state index contributed by atoms with van der Waals surface area (Å²) in [4.78, 5) is 51.0. The summed E-state index contributed by atoms with van der Waals surface area (Å²) in [6, 6.07) is 7.55. The van der Waals surface area contributed by atoms with E-state index < -0.39 is 40.3 Å². The first-order valence-electron chi connectivity index (χ1n) is 21.1. The van der Waals surface area contributed by atoms with Crippen molar-refractivity contribution in [2.24, 2.45) is 17.8 Å². The zero-order valence-corrected chi connectivity index (χ0v) is 34.1. The Kier molecular flexibility index (Phi) is 11.5. The van der Waals surface area contributed by atoms with Crippen molar-refractivity contribution in [3.63, 3.8) is 0 Å². The van der Waals surface area contributed by atoms with Crippen LogP contribution in [0.2, 0.25) is 0 Å². The van der Waals surface area contributed by atoms with Gasteiger partial charge in [0.05, 0.1) is 11.3 Å². The molecule has 2 saturated carbocycles. The molecule has 318 valence electrons. The molecule has 13 nitrogen and oxygen atoms in total. The number of ether oxygens (including phenoxy) is 2. The van der Waals surface area contributed by atoms with Gasteiger partial charge in [-0.1, -0.05) is 6.92 Å². The normalized spacial score (nSPS) is 25.4. The third kappa shape index (κ3) is 8.31. The highest BCUT2D eigenvalue weighted by molar-refractivity contribution is 6.00. The zero-order valence-electron chi connectivity index (χ0n) is 34.1. The van der Waals surface area contributed by atoms with Gasteiger partial charge in [0, 0.05) is 69.2 Å². The first kappa shape index (κ1) is 41.2. The van der Waals surface area contributed by atoms with E-state index in [0.29, 0.717) is 82.2 Å². The van der Waals surface area contributed by atoms with Gasteiger partial charge in [0.25, 0.3) is 5.91 Å². The number of aryl methyl sites for hydroxylation is 1. The standard InChI is InChI=1S/C43H55F3N8O5/c1-27-21-28-23-29(22-27)42(25-28,38(56)57)51-37(55)35-33(7-4-5-16-52(2)3)49-40(50-36(35)43(44,45)46)54-26-41(12-19-58-20-13-41)32-24-31(8-9-34(32)54)59-30-10-17-53(18-11-30)39-47-14-6-15-48-39/h6,8-9,14-15,24,27-30H,4-5,7,10-13,16-23,25-26H2,1-3H3,(H,51,55)(H,56,57). The van der Waals surface area contributed by atoms with Crippen LogP contribution in [0, 0.1) is 17.8 Å². The molecule has 59 heavy (non-hydrogen) atoms. The molecule has 4 unspecified atom stereocenters. The molecule has 1 aromatic carbocycles. The van der Waals surface area contributed by atoms with Crippen molar-refractivity contribution in [1.82, 2.24) is 30.2 Å². The van der Waals surface area contributed by atoms with E-state index in [4.69, 9.17) is 14.5 Å². The second-order valence-electron chi connectivity index (χ2n) is 17.8. The van der Waals surface area contributed by atoms with Crippen molar-refractivity contribution in [2.75, 3.05) is 63.3 Å². The summed E-state index contributed by atoms with van der Waals surface area (Å²) < 4.78 is 58.5. The lowest BCUT2D eigenvalue weighted by atomic mass is 9.76. The molecule has 4 fully saturated rings. The monoisotopic (exact) mass is 820 g/mol. The molecular formula is C43H55F3N8O5. The Labute approximate surface area is 343 Å². The second-order valence-corrected chi connectivity index (χ2v) is 17.8. The molecule has 2 aromatic heterocycles. The van der Waals surface area contributed by atoms with E-state index in [-0.39, 0.29) is 48.3 Å². The Balaban J connectivity index is 1.13. The van der Waals surface area contributed by atoms with E-state index >= 15 is 13.2 Å². The summed E-state index contributed by atoms with van der Waals surface area (Å²) >= 11 is 0. The van der Waals surface area contributed by atoms with Crippen molar-refractivity contribution >= 4 is 29.5 Å². The smallest absolute Gasteiger partial charge is 0.434 e. The van der Waals surface area contributed by atoms with E-state index in [1.54, 1.807) is 23.4 Å². The minimum Gasteiger partial charge on any atom is -0.490 e. The number of unbranched alkanes of at least 4 members (excludes halogenated alkanes) is 1. The molecule has 1 amide bonds. The van der Waals surface area contributed by atoms with Crippen LogP contribution in [0.4, 0.5) is 30.8 Å². The van der Waals surface area contributed by atoms with Crippen molar-refractivity contribution in [2.45, 2.75) is 101 Å². The Hall–Kier alpha value is -4.57. The number of aromatic nitrogens is 4. The number of carboxylic acids is 1. The lowest BCUT2D eigenvalue weighted by Gasteiger charge is -2.35. The molecule has 2 bridgehead atoms. The number of aliphatic carboxylic acids is 1. The van der Waals surface area contributed by atoms with E-state index in [1.807, 2.05) is 37.2 Å². The van der Waals surface area contributed by atoms with Crippen LogP contribution in [0.15, 0.2) is 36.7 Å². The fraction of sp³-hybridized carbons (Fsp3) is 0.628. The Morgan fingerprint density at radius 1 is 1.03 bits per heavy atom. The number of rotatable bonds is 12. The van der Waals surface area contributed by atoms with Crippen molar-refractivity contribution in [3.05, 3.63) is 59.2 Å². The maximum atomic E-state index is 15.4. The summed E-state index contributed by atoms with van der Waals surface area (Å²) in [6.45, 7) is 5.57. The first-order valence-corrected chi connectivity index (χ1v) is 21.1. The summed E-state index contributed by atoms with van der Waals surface area (Å²) in [6.07, 6.45) is 4.68. The number of alkyl halides is 3. The van der Waals surface area contributed by atoms with Crippen molar-refractivity contribution in [1.29, 1.82) is 0 Å². The number of piperidine rings is 1. The van der Waals surface area contributed by atoms with Gasteiger partial charge in [0.15, 0.2) is 5.69 Å². The summed E-state index contributed by atoms with van der Waals surface area (Å²) in [5.41, 5.74) is -2.53. The van der Waals surface area contributed by atoms with Crippen LogP contribution < -0.4 is 19.9 Å². The topological polar surface area (TPSA) is 146 Å². The van der Waals surface area contributed by atoms with Gasteiger partial charge in [-0.15, -0.1) is 0 Å². The van der Waals surface area contributed by atoms with Gasteiger partial charge in [-0.3, -0.25) is 4.79 Å². The van der Waals surface area contributed by atoms with Crippen LogP contribution in [0.3, 0.4) is 0 Å². The third-order valence-corrected chi connectivity index (χ3v) is 13.4. The van der Waals surface area contributed by atoms with Gasteiger partial charge in [-0.05, 0) is 126 Å². The number of carbonyl (C=O) groups excluding carboxylic acids is 1. The van der Waals surface area contributed by atoms with E-state index in [9.17, 15) is 14.7 Å². The second kappa shape index (κ2) is 16.5. The largest absolute Gasteiger partial charge is 0.490 e. The number of carboxylic acid groups (broad SMARTS) is 1. The fourth-order valence-electron chi connectivity index (χ4n) is 10.5. The number of anilines is 3. The zero-order chi connectivity index (χ0) is 41.5. The highest BCUT2D eigenvalue weighted by Crippen LogP contribution is 2.52. The molecule has 4 atom stereocenters. The number of benzene rings is 1. The van der Waals surface area contributed by atoms with Crippen LogP contribution in [0.5, 0.6) is 5.75 Å². The lowest BCUT2D eigenvalue weighted by molar-refractivity contribution is -0.146. The van der Waals surface area contributed by atoms with Gasteiger partial charge in [0.2, 0.25) is 11.9 Å². The minimum atomic E-state index is -5.03.